The van der Waals surface area contributed by atoms with Crippen molar-refractivity contribution < 1.29 is 0 Å². The number of rotatable bonds is 4. The minimum Gasteiger partial charge on any atom is -0.307 e. The number of halogens is 1. The van der Waals surface area contributed by atoms with E-state index in [2.05, 4.69) is 18.0 Å². The Balaban J connectivity index is 2.71. The highest BCUT2D eigenvalue weighted by molar-refractivity contribution is 6.31. The smallest absolute Gasteiger partial charge is 0.0992 e. The molecule has 0 aromatic heterocycles. The standard InChI is InChI=1S/C12H13ClN2/c1-3-9(2)15-8-11-5-4-10(7-14)6-12(11)13/h3-6,9,15H,1,8H2,2H3. The molecular formula is C12H13ClN2. The Morgan fingerprint density at radius 3 is 2.93 bits per heavy atom. The monoisotopic (exact) mass is 220 g/mol. The lowest BCUT2D eigenvalue weighted by Gasteiger charge is -2.10. The van der Waals surface area contributed by atoms with E-state index in [1.165, 1.54) is 0 Å². The molecule has 1 atom stereocenters. The maximum atomic E-state index is 8.67. The Morgan fingerprint density at radius 2 is 2.40 bits per heavy atom. The van der Waals surface area contributed by atoms with Crippen molar-refractivity contribution in [2.75, 3.05) is 0 Å². The maximum Gasteiger partial charge on any atom is 0.0992 e. The van der Waals surface area contributed by atoms with Gasteiger partial charge in [0.1, 0.15) is 0 Å². The molecule has 78 valence electrons. The van der Waals surface area contributed by atoms with Crippen molar-refractivity contribution in [1.29, 1.82) is 5.26 Å². The summed E-state index contributed by atoms with van der Waals surface area (Å²) in [5.74, 6) is 0. The number of nitriles is 1. The SMILES string of the molecule is C=CC(C)NCc1ccc(C#N)cc1Cl. The minimum atomic E-state index is 0.247. The second-order valence-electron chi connectivity index (χ2n) is 3.32. The van der Waals surface area contributed by atoms with Gasteiger partial charge in [-0.1, -0.05) is 23.7 Å². The van der Waals surface area contributed by atoms with Gasteiger partial charge in [-0.3, -0.25) is 0 Å². The van der Waals surface area contributed by atoms with Gasteiger partial charge < -0.3 is 5.32 Å². The van der Waals surface area contributed by atoms with Crippen LogP contribution in [0.15, 0.2) is 30.9 Å². The molecule has 0 saturated heterocycles. The molecular weight excluding hydrogens is 208 g/mol. The molecule has 1 aromatic carbocycles. The predicted molar refractivity (Wildman–Crippen MR) is 62.7 cm³/mol. The van der Waals surface area contributed by atoms with Crippen molar-refractivity contribution in [3.8, 4) is 6.07 Å². The van der Waals surface area contributed by atoms with Gasteiger partial charge in [0.25, 0.3) is 0 Å². The van der Waals surface area contributed by atoms with Crippen LogP contribution in [0.5, 0.6) is 0 Å². The molecule has 2 nitrogen and oxygen atoms in total. The van der Waals surface area contributed by atoms with Crippen LogP contribution in [0.2, 0.25) is 5.02 Å². The third kappa shape index (κ3) is 3.39. The summed E-state index contributed by atoms with van der Waals surface area (Å²) in [6, 6.07) is 7.60. The summed E-state index contributed by atoms with van der Waals surface area (Å²) < 4.78 is 0. The fraction of sp³-hybridized carbons (Fsp3) is 0.250. The summed E-state index contributed by atoms with van der Waals surface area (Å²) in [5, 5.41) is 12.5. The van der Waals surface area contributed by atoms with Gasteiger partial charge in [0.05, 0.1) is 11.6 Å². The lowest BCUT2D eigenvalue weighted by atomic mass is 10.1. The second-order valence-corrected chi connectivity index (χ2v) is 3.73. The van der Waals surface area contributed by atoms with Crippen molar-refractivity contribution in [3.05, 3.63) is 47.0 Å². The van der Waals surface area contributed by atoms with Crippen molar-refractivity contribution in [2.45, 2.75) is 19.5 Å². The zero-order valence-corrected chi connectivity index (χ0v) is 9.38. The largest absolute Gasteiger partial charge is 0.307 e. The summed E-state index contributed by atoms with van der Waals surface area (Å²) >= 11 is 6.02. The van der Waals surface area contributed by atoms with Gasteiger partial charge in [0.2, 0.25) is 0 Å². The van der Waals surface area contributed by atoms with Gasteiger partial charge in [-0.25, -0.2) is 0 Å². The Hall–Kier alpha value is -1.30. The molecule has 0 bridgehead atoms. The average molecular weight is 221 g/mol. The molecule has 0 radical (unpaired) electrons. The van der Waals surface area contributed by atoms with Crippen molar-refractivity contribution >= 4 is 11.6 Å². The Bertz CT molecular complexity index is 393. The average Bonchev–Trinajstić information content (AvgIpc) is 2.26. The van der Waals surface area contributed by atoms with E-state index in [1.54, 1.807) is 12.1 Å². The molecule has 1 aromatic rings. The van der Waals surface area contributed by atoms with Crippen LogP contribution in [0, 0.1) is 11.3 Å². The van der Waals surface area contributed by atoms with E-state index in [4.69, 9.17) is 16.9 Å². The summed E-state index contributed by atoms with van der Waals surface area (Å²) in [6.45, 7) is 6.38. The third-order valence-electron chi connectivity index (χ3n) is 2.15. The molecule has 0 amide bonds. The first-order valence-electron chi connectivity index (χ1n) is 4.72. The van der Waals surface area contributed by atoms with E-state index in [0.29, 0.717) is 17.1 Å². The molecule has 0 saturated carbocycles. The quantitative estimate of drug-likeness (QED) is 0.793. The number of hydrogen-bond acceptors (Lipinski definition) is 2. The lowest BCUT2D eigenvalue weighted by molar-refractivity contribution is 0.634. The maximum absolute atomic E-state index is 8.67. The number of nitrogens with one attached hydrogen (secondary N) is 1. The van der Waals surface area contributed by atoms with Crippen LogP contribution in [0.4, 0.5) is 0 Å². The summed E-state index contributed by atoms with van der Waals surface area (Å²) in [7, 11) is 0. The van der Waals surface area contributed by atoms with Gasteiger partial charge in [-0.15, -0.1) is 6.58 Å². The van der Waals surface area contributed by atoms with Crippen LogP contribution in [-0.2, 0) is 6.54 Å². The van der Waals surface area contributed by atoms with Crippen LogP contribution in [0.25, 0.3) is 0 Å². The minimum absolute atomic E-state index is 0.247. The van der Waals surface area contributed by atoms with E-state index in [-0.39, 0.29) is 6.04 Å². The van der Waals surface area contributed by atoms with Gasteiger partial charge in [0.15, 0.2) is 0 Å². The predicted octanol–water partition coefficient (Wildman–Crippen LogP) is 2.88. The first kappa shape index (κ1) is 11.8. The molecule has 0 aliphatic heterocycles. The van der Waals surface area contributed by atoms with Gasteiger partial charge in [0, 0.05) is 17.6 Å². The van der Waals surface area contributed by atoms with E-state index in [1.807, 2.05) is 19.1 Å². The molecule has 15 heavy (non-hydrogen) atoms. The van der Waals surface area contributed by atoms with Crippen LogP contribution >= 0.6 is 11.6 Å². The Kier molecular flexibility index (Phi) is 4.36. The first-order chi connectivity index (χ1) is 7.17. The van der Waals surface area contributed by atoms with Crippen molar-refractivity contribution in [3.63, 3.8) is 0 Å². The van der Waals surface area contributed by atoms with Gasteiger partial charge in [-0.2, -0.15) is 5.26 Å². The van der Waals surface area contributed by atoms with Gasteiger partial charge in [-0.05, 0) is 24.6 Å². The Labute approximate surface area is 95.2 Å². The van der Waals surface area contributed by atoms with Crippen molar-refractivity contribution in [2.24, 2.45) is 0 Å². The zero-order valence-electron chi connectivity index (χ0n) is 8.63. The molecule has 3 heteroatoms. The molecule has 0 aliphatic carbocycles. The third-order valence-corrected chi connectivity index (χ3v) is 2.50. The van der Waals surface area contributed by atoms with E-state index < -0.39 is 0 Å². The number of hydrogen-bond donors (Lipinski definition) is 1. The highest BCUT2D eigenvalue weighted by Gasteiger charge is 2.02. The first-order valence-corrected chi connectivity index (χ1v) is 5.09. The van der Waals surface area contributed by atoms with Crippen molar-refractivity contribution in [1.82, 2.24) is 5.32 Å². The van der Waals surface area contributed by atoms with E-state index in [0.717, 1.165) is 5.56 Å². The van der Waals surface area contributed by atoms with Crippen LogP contribution < -0.4 is 5.32 Å². The fourth-order valence-electron chi connectivity index (χ4n) is 1.11. The molecule has 0 aliphatic rings. The fourth-order valence-corrected chi connectivity index (χ4v) is 1.36. The van der Waals surface area contributed by atoms with Crippen LogP contribution in [-0.4, -0.2) is 6.04 Å². The topological polar surface area (TPSA) is 35.8 Å². The molecule has 0 heterocycles. The summed E-state index contributed by atoms with van der Waals surface area (Å²) in [5.41, 5.74) is 1.57. The normalized spacial score (nSPS) is 11.8. The molecule has 0 spiro atoms. The lowest BCUT2D eigenvalue weighted by Crippen LogP contribution is -2.23. The highest BCUT2D eigenvalue weighted by Crippen LogP contribution is 2.17. The molecule has 1 unspecified atom stereocenters. The highest BCUT2D eigenvalue weighted by atomic mass is 35.5. The molecule has 1 N–H and O–H groups in total. The Morgan fingerprint density at radius 1 is 1.67 bits per heavy atom. The van der Waals surface area contributed by atoms with E-state index >= 15 is 0 Å². The number of nitrogens with zero attached hydrogens (tertiary/aromatic N) is 1. The van der Waals surface area contributed by atoms with Gasteiger partial charge >= 0.3 is 0 Å². The second kappa shape index (κ2) is 5.55. The molecule has 0 fully saturated rings. The number of benzene rings is 1. The van der Waals surface area contributed by atoms with Crippen LogP contribution in [0.3, 0.4) is 0 Å². The van der Waals surface area contributed by atoms with E-state index in [9.17, 15) is 0 Å². The molecule has 1 rings (SSSR count). The zero-order chi connectivity index (χ0) is 11.3. The summed E-state index contributed by atoms with van der Waals surface area (Å²) in [6.07, 6.45) is 1.83. The van der Waals surface area contributed by atoms with Crippen LogP contribution in [0.1, 0.15) is 18.1 Å². The summed E-state index contributed by atoms with van der Waals surface area (Å²) in [4.78, 5) is 0.